The molecule has 0 atom stereocenters. The molecule has 0 fully saturated rings. The number of hydrogen-bond donors (Lipinski definition) is 0. The van der Waals surface area contributed by atoms with Crippen LogP contribution in [0, 0.1) is 14.9 Å². The van der Waals surface area contributed by atoms with Crippen molar-refractivity contribution in [3.8, 4) is 11.8 Å². The largest absolute Gasteiger partial charge is 0.433 e. The van der Waals surface area contributed by atoms with Crippen LogP contribution in [-0.2, 0) is 9.05 Å². The first kappa shape index (κ1) is 14.4. The maximum Gasteiger partial charge on any atom is 0.387 e. The van der Waals surface area contributed by atoms with Crippen molar-refractivity contribution >= 4 is 42.3 Å². The van der Waals surface area contributed by atoms with Gasteiger partial charge in [0.2, 0.25) is 0 Å². The van der Waals surface area contributed by atoms with Gasteiger partial charge in [-0.25, -0.2) is 8.42 Å². The minimum atomic E-state index is -4.24. The molecule has 0 aliphatic carbocycles. The summed E-state index contributed by atoms with van der Waals surface area (Å²) in [5, 5.41) is 8.64. The maximum atomic E-state index is 12.1. The van der Waals surface area contributed by atoms with Gasteiger partial charge < -0.3 is 4.74 Å². The van der Waals surface area contributed by atoms with E-state index in [2.05, 4.69) is 4.74 Å². The van der Waals surface area contributed by atoms with Gasteiger partial charge in [0.15, 0.2) is 0 Å². The van der Waals surface area contributed by atoms with Crippen LogP contribution in [0.25, 0.3) is 0 Å². The van der Waals surface area contributed by atoms with Crippen LogP contribution in [0.3, 0.4) is 0 Å². The molecule has 4 nitrogen and oxygen atoms in total. The summed E-state index contributed by atoms with van der Waals surface area (Å²) in [5.41, 5.74) is -0.00545. The van der Waals surface area contributed by atoms with E-state index >= 15 is 0 Å². The summed E-state index contributed by atoms with van der Waals surface area (Å²) in [6, 6.07) is 3.79. The van der Waals surface area contributed by atoms with Gasteiger partial charge in [0, 0.05) is 14.3 Å². The molecular formula is C8H3ClF2INO3S. The van der Waals surface area contributed by atoms with Crippen molar-refractivity contribution in [1.82, 2.24) is 0 Å². The lowest BCUT2D eigenvalue weighted by molar-refractivity contribution is -0.0518. The summed E-state index contributed by atoms with van der Waals surface area (Å²) >= 11 is 1.57. The van der Waals surface area contributed by atoms with Gasteiger partial charge in [0.05, 0.1) is 11.6 Å². The van der Waals surface area contributed by atoms with Crippen LogP contribution in [0.5, 0.6) is 5.75 Å². The van der Waals surface area contributed by atoms with Crippen molar-refractivity contribution in [3.05, 3.63) is 21.3 Å². The zero-order valence-electron chi connectivity index (χ0n) is 7.82. The topological polar surface area (TPSA) is 67.2 Å². The summed E-state index contributed by atoms with van der Waals surface area (Å²) in [7, 11) is 0.870. The second-order valence-electron chi connectivity index (χ2n) is 2.71. The number of nitriles is 1. The summed E-state index contributed by atoms with van der Waals surface area (Å²) in [6.07, 6.45) is 0. The monoisotopic (exact) mass is 393 g/mol. The second kappa shape index (κ2) is 5.32. The van der Waals surface area contributed by atoms with Crippen LogP contribution in [0.15, 0.2) is 17.0 Å². The van der Waals surface area contributed by atoms with Gasteiger partial charge in [0.25, 0.3) is 9.05 Å². The van der Waals surface area contributed by atoms with E-state index in [-0.39, 0.29) is 9.13 Å². The van der Waals surface area contributed by atoms with E-state index in [0.717, 1.165) is 6.07 Å². The highest BCUT2D eigenvalue weighted by atomic mass is 127. The fourth-order valence-electron chi connectivity index (χ4n) is 1.05. The lowest BCUT2D eigenvalue weighted by atomic mass is 10.2. The molecule has 0 unspecified atom stereocenters. The van der Waals surface area contributed by atoms with E-state index in [1.165, 1.54) is 6.07 Å². The average Bonchev–Trinajstić information content (AvgIpc) is 2.13. The second-order valence-corrected chi connectivity index (χ2v) is 6.38. The van der Waals surface area contributed by atoms with Crippen molar-refractivity contribution in [3.63, 3.8) is 0 Å². The van der Waals surface area contributed by atoms with Crippen LogP contribution in [0.4, 0.5) is 8.78 Å². The zero-order valence-corrected chi connectivity index (χ0v) is 11.6. The summed E-state index contributed by atoms with van der Waals surface area (Å²) in [5.74, 6) is -0.640. The molecule has 0 spiro atoms. The third-order valence-corrected chi connectivity index (χ3v) is 4.19. The number of halogens is 4. The van der Waals surface area contributed by atoms with Crippen LogP contribution in [0.2, 0.25) is 0 Å². The van der Waals surface area contributed by atoms with E-state index in [0.29, 0.717) is 0 Å². The standard InChI is InChI=1S/C8H3ClF2INO3S/c9-17(14,15)7-5(12)1-4(3-13)2-6(7)16-8(10)11/h1-2,8H. The fraction of sp³-hybridized carbons (Fsp3) is 0.125. The molecule has 0 bridgehead atoms. The normalized spacial score (nSPS) is 11.3. The Bertz CT molecular complexity index is 585. The van der Waals surface area contributed by atoms with Crippen LogP contribution >= 0.6 is 33.3 Å². The number of benzene rings is 1. The molecule has 0 saturated carbocycles. The number of nitrogens with zero attached hydrogens (tertiary/aromatic N) is 1. The Labute approximate surface area is 114 Å². The number of ether oxygens (including phenoxy) is 1. The molecule has 0 aliphatic heterocycles. The van der Waals surface area contributed by atoms with Crippen molar-refractivity contribution < 1.29 is 21.9 Å². The van der Waals surface area contributed by atoms with Gasteiger partial charge in [-0.2, -0.15) is 14.0 Å². The van der Waals surface area contributed by atoms with Gasteiger partial charge in [-0.1, -0.05) is 0 Å². The van der Waals surface area contributed by atoms with Crippen molar-refractivity contribution in [1.29, 1.82) is 5.26 Å². The number of alkyl halides is 2. The predicted molar refractivity (Wildman–Crippen MR) is 63.5 cm³/mol. The van der Waals surface area contributed by atoms with Gasteiger partial charge in [-0.05, 0) is 34.7 Å². The highest BCUT2D eigenvalue weighted by Gasteiger charge is 2.24. The molecule has 0 saturated heterocycles. The first-order valence-corrected chi connectivity index (χ1v) is 7.27. The van der Waals surface area contributed by atoms with E-state index in [4.69, 9.17) is 15.9 Å². The Kier molecular flexibility index (Phi) is 4.51. The Balaban J connectivity index is 3.52. The maximum absolute atomic E-state index is 12.1. The molecule has 0 N–H and O–H groups in total. The third-order valence-electron chi connectivity index (χ3n) is 1.60. The van der Waals surface area contributed by atoms with Crippen molar-refractivity contribution in [2.75, 3.05) is 0 Å². The van der Waals surface area contributed by atoms with Gasteiger partial charge >= 0.3 is 6.61 Å². The minimum absolute atomic E-state index is 0.00545. The van der Waals surface area contributed by atoms with E-state index < -0.39 is 26.3 Å². The number of hydrogen-bond acceptors (Lipinski definition) is 4. The van der Waals surface area contributed by atoms with Crippen LogP contribution in [-0.4, -0.2) is 15.0 Å². The Hall–Kier alpha value is -0.660. The fourth-order valence-corrected chi connectivity index (χ4v) is 4.03. The van der Waals surface area contributed by atoms with E-state index in [9.17, 15) is 17.2 Å². The summed E-state index contributed by atoms with van der Waals surface area (Å²) < 4.78 is 50.7. The molecule has 0 heterocycles. The van der Waals surface area contributed by atoms with E-state index in [1.807, 2.05) is 0 Å². The summed E-state index contributed by atoms with van der Waals surface area (Å²) in [6.45, 7) is -3.21. The summed E-state index contributed by atoms with van der Waals surface area (Å²) in [4.78, 5) is -0.570. The lowest BCUT2D eigenvalue weighted by Crippen LogP contribution is -2.07. The highest BCUT2D eigenvalue weighted by Crippen LogP contribution is 2.33. The molecule has 9 heteroatoms. The van der Waals surface area contributed by atoms with Crippen molar-refractivity contribution in [2.24, 2.45) is 0 Å². The SMILES string of the molecule is N#Cc1cc(I)c(S(=O)(=O)Cl)c(OC(F)F)c1. The minimum Gasteiger partial charge on any atom is -0.433 e. The van der Waals surface area contributed by atoms with Gasteiger partial charge in [-0.3, -0.25) is 0 Å². The molecule has 0 radical (unpaired) electrons. The van der Waals surface area contributed by atoms with E-state index in [1.54, 1.807) is 28.7 Å². The molecule has 1 aromatic carbocycles. The quantitative estimate of drug-likeness (QED) is 0.585. The first-order chi connectivity index (χ1) is 7.75. The highest BCUT2D eigenvalue weighted by molar-refractivity contribution is 14.1. The molecule has 0 aromatic heterocycles. The molecule has 17 heavy (non-hydrogen) atoms. The molecular weight excluding hydrogens is 391 g/mol. The lowest BCUT2D eigenvalue weighted by Gasteiger charge is -2.10. The first-order valence-electron chi connectivity index (χ1n) is 3.89. The van der Waals surface area contributed by atoms with Gasteiger partial charge in [-0.15, -0.1) is 0 Å². The molecule has 1 aromatic rings. The zero-order chi connectivity index (χ0) is 13.2. The smallest absolute Gasteiger partial charge is 0.387 e. The predicted octanol–water partition coefficient (Wildman–Crippen LogP) is 2.69. The Morgan fingerprint density at radius 3 is 2.47 bits per heavy atom. The molecule has 92 valence electrons. The average molecular weight is 394 g/mol. The molecule has 1 rings (SSSR count). The third kappa shape index (κ3) is 3.65. The van der Waals surface area contributed by atoms with Gasteiger partial charge in [0.1, 0.15) is 10.6 Å². The molecule has 0 aliphatic rings. The van der Waals surface area contributed by atoms with Crippen molar-refractivity contribution in [2.45, 2.75) is 11.5 Å². The molecule has 0 amide bonds. The Morgan fingerprint density at radius 2 is 2.06 bits per heavy atom. The van der Waals surface area contributed by atoms with Crippen LogP contribution < -0.4 is 4.74 Å². The van der Waals surface area contributed by atoms with Crippen LogP contribution in [0.1, 0.15) is 5.56 Å². The number of rotatable bonds is 3. The Morgan fingerprint density at radius 1 is 1.47 bits per heavy atom.